The standard InChI is InChI=1S/C37H49N7O5/c1-26(2)21-35(47)43-20-10-19-42(34(46)22-28-12-9-16-38-24-28)18-7-6-17-39-37(48)31-23-29(43)25-44(31)33(45)15-8-14-32-40-36(41-49-32)30-13-5-4-11-27(30)3/h4-5,9,11-13,16,24,26,29,31H,6-8,10,14-15,17-23,25H2,1-3H3,(H,39,48)/t29-,31-/m0/s1. The fourth-order valence-corrected chi connectivity index (χ4v) is 6.70. The van der Waals surface area contributed by atoms with Crippen molar-refractivity contribution in [3.8, 4) is 11.4 Å². The minimum Gasteiger partial charge on any atom is -0.354 e. The number of nitrogens with one attached hydrogen (secondary N) is 1. The molecule has 0 aliphatic carbocycles. The number of aromatic nitrogens is 3. The third-order valence-corrected chi connectivity index (χ3v) is 9.29. The summed E-state index contributed by atoms with van der Waals surface area (Å²) in [6, 6.07) is 10.6. The summed E-state index contributed by atoms with van der Waals surface area (Å²) in [6.07, 6.45) is 7.61. The zero-order valence-corrected chi connectivity index (χ0v) is 29.0. The first kappa shape index (κ1) is 35.7. The van der Waals surface area contributed by atoms with Crippen LogP contribution >= 0.6 is 0 Å². The number of fused-ring (bicyclic) bond motifs is 2. The molecule has 2 bridgehead atoms. The highest BCUT2D eigenvalue weighted by Crippen LogP contribution is 2.26. The van der Waals surface area contributed by atoms with Gasteiger partial charge in [0.25, 0.3) is 0 Å². The van der Waals surface area contributed by atoms with Gasteiger partial charge in [-0.3, -0.25) is 24.2 Å². The average Bonchev–Trinajstić information content (AvgIpc) is 3.73. The van der Waals surface area contributed by atoms with E-state index in [1.807, 2.05) is 67.0 Å². The smallest absolute Gasteiger partial charge is 0.242 e. The topological polar surface area (TPSA) is 142 Å². The monoisotopic (exact) mass is 671 g/mol. The Morgan fingerprint density at radius 2 is 1.80 bits per heavy atom. The van der Waals surface area contributed by atoms with Gasteiger partial charge in [-0.25, -0.2) is 0 Å². The summed E-state index contributed by atoms with van der Waals surface area (Å²) in [5.74, 6) is 0.844. The Balaban J connectivity index is 1.25. The van der Waals surface area contributed by atoms with Gasteiger partial charge in [-0.15, -0.1) is 0 Å². The molecule has 0 unspecified atom stereocenters. The number of carbonyl (C=O) groups is 4. The van der Waals surface area contributed by atoms with E-state index in [1.54, 1.807) is 17.3 Å². The molecule has 0 saturated carbocycles. The molecule has 2 aliphatic heterocycles. The van der Waals surface area contributed by atoms with Crippen LogP contribution in [0.3, 0.4) is 0 Å². The second-order valence-corrected chi connectivity index (χ2v) is 13.6. The summed E-state index contributed by atoms with van der Waals surface area (Å²) in [7, 11) is 0. The van der Waals surface area contributed by atoms with Gasteiger partial charge < -0.3 is 24.5 Å². The lowest BCUT2D eigenvalue weighted by atomic mass is 10.1. The van der Waals surface area contributed by atoms with Crippen LogP contribution in [0.4, 0.5) is 0 Å². The van der Waals surface area contributed by atoms with Crippen LogP contribution in [0, 0.1) is 12.8 Å². The van der Waals surface area contributed by atoms with Crippen molar-refractivity contribution in [3.05, 3.63) is 65.8 Å². The Morgan fingerprint density at radius 1 is 0.980 bits per heavy atom. The van der Waals surface area contributed by atoms with Gasteiger partial charge in [0, 0.05) is 69.9 Å². The van der Waals surface area contributed by atoms with E-state index in [0.717, 1.165) is 23.1 Å². The van der Waals surface area contributed by atoms with E-state index >= 15 is 0 Å². The van der Waals surface area contributed by atoms with Crippen LogP contribution in [0.1, 0.15) is 75.8 Å². The Morgan fingerprint density at radius 3 is 2.57 bits per heavy atom. The molecule has 2 aliphatic rings. The highest BCUT2D eigenvalue weighted by Gasteiger charge is 2.42. The van der Waals surface area contributed by atoms with Crippen molar-refractivity contribution in [2.45, 2.75) is 90.6 Å². The lowest BCUT2D eigenvalue weighted by Crippen LogP contribution is -2.46. The largest absolute Gasteiger partial charge is 0.354 e. The second kappa shape index (κ2) is 17.2. The highest BCUT2D eigenvalue weighted by molar-refractivity contribution is 5.89. The quantitative estimate of drug-likeness (QED) is 0.360. The Labute approximate surface area is 288 Å². The first-order valence-corrected chi connectivity index (χ1v) is 17.6. The molecule has 0 radical (unpaired) electrons. The normalized spacial score (nSPS) is 19.1. The summed E-state index contributed by atoms with van der Waals surface area (Å²) in [6.45, 7) is 8.29. The van der Waals surface area contributed by atoms with Crippen LogP contribution in [0.2, 0.25) is 0 Å². The van der Waals surface area contributed by atoms with E-state index in [0.29, 0.717) is 83.0 Å². The minimum absolute atomic E-state index is 0.00892. The predicted molar refractivity (Wildman–Crippen MR) is 184 cm³/mol. The van der Waals surface area contributed by atoms with E-state index in [1.165, 1.54) is 0 Å². The van der Waals surface area contributed by atoms with Crippen LogP contribution in [-0.2, 0) is 32.0 Å². The zero-order chi connectivity index (χ0) is 34.8. The molecule has 2 saturated heterocycles. The van der Waals surface area contributed by atoms with E-state index in [9.17, 15) is 19.2 Å². The summed E-state index contributed by atoms with van der Waals surface area (Å²) in [5, 5.41) is 7.16. The second-order valence-electron chi connectivity index (χ2n) is 13.6. The van der Waals surface area contributed by atoms with Crippen molar-refractivity contribution in [1.29, 1.82) is 0 Å². The number of aryl methyl sites for hydroxylation is 2. The van der Waals surface area contributed by atoms with Crippen LogP contribution in [0.5, 0.6) is 0 Å². The van der Waals surface area contributed by atoms with Crippen LogP contribution < -0.4 is 5.32 Å². The van der Waals surface area contributed by atoms with Gasteiger partial charge in [-0.2, -0.15) is 4.98 Å². The van der Waals surface area contributed by atoms with Gasteiger partial charge in [0.15, 0.2) is 0 Å². The fourth-order valence-electron chi connectivity index (χ4n) is 6.70. The summed E-state index contributed by atoms with van der Waals surface area (Å²) < 4.78 is 5.48. The van der Waals surface area contributed by atoms with E-state index in [-0.39, 0.29) is 48.4 Å². The first-order chi connectivity index (χ1) is 23.7. The lowest BCUT2D eigenvalue weighted by molar-refractivity contribution is -0.139. The van der Waals surface area contributed by atoms with E-state index in [2.05, 4.69) is 20.4 Å². The fraction of sp³-hybridized carbons (Fsp3) is 0.541. The number of rotatable bonds is 9. The van der Waals surface area contributed by atoms with Gasteiger partial charge in [0.1, 0.15) is 6.04 Å². The van der Waals surface area contributed by atoms with E-state index in [4.69, 9.17) is 4.52 Å². The minimum atomic E-state index is -0.650. The van der Waals surface area contributed by atoms with Gasteiger partial charge in [-0.05, 0) is 62.1 Å². The number of amides is 4. The number of nitrogens with zero attached hydrogens (tertiary/aromatic N) is 6. The molecule has 2 fully saturated rings. The van der Waals surface area contributed by atoms with Crippen LogP contribution in [-0.4, -0.2) is 98.3 Å². The van der Waals surface area contributed by atoms with E-state index < -0.39 is 6.04 Å². The SMILES string of the molecule is Cc1ccccc1-c1noc(CCCC(=O)N2C[C@@H]3C[C@H]2C(=O)NCCCCN(C(=O)Cc2cccnc2)CCCN3C(=O)CC(C)C)n1. The summed E-state index contributed by atoms with van der Waals surface area (Å²) in [4.78, 5) is 68.2. The molecule has 49 heavy (non-hydrogen) atoms. The molecule has 1 N–H and O–H groups in total. The molecule has 3 aromatic rings. The number of likely N-dealkylation sites (tertiary alicyclic amines) is 1. The molecule has 2 aromatic heterocycles. The van der Waals surface area contributed by atoms with Crippen molar-refractivity contribution in [3.63, 3.8) is 0 Å². The lowest BCUT2D eigenvalue weighted by Gasteiger charge is -2.31. The number of carbonyl (C=O) groups excluding carboxylic acids is 4. The Kier molecular flexibility index (Phi) is 12.5. The van der Waals surface area contributed by atoms with Crippen LogP contribution in [0.15, 0.2) is 53.3 Å². The first-order valence-electron chi connectivity index (χ1n) is 17.6. The molecule has 12 heteroatoms. The summed E-state index contributed by atoms with van der Waals surface area (Å²) >= 11 is 0. The average molecular weight is 672 g/mol. The van der Waals surface area contributed by atoms with Crippen molar-refractivity contribution in [2.75, 3.05) is 32.7 Å². The predicted octanol–water partition coefficient (Wildman–Crippen LogP) is 3.98. The molecular formula is C37H49N7O5. The number of benzene rings is 1. The van der Waals surface area contributed by atoms with Crippen molar-refractivity contribution in [2.24, 2.45) is 5.92 Å². The third-order valence-electron chi connectivity index (χ3n) is 9.29. The molecule has 1 aromatic carbocycles. The Hall–Kier alpha value is -4.61. The van der Waals surface area contributed by atoms with Gasteiger partial charge >= 0.3 is 0 Å². The molecule has 5 rings (SSSR count). The van der Waals surface area contributed by atoms with Gasteiger partial charge in [-0.1, -0.05) is 49.3 Å². The van der Waals surface area contributed by atoms with Crippen LogP contribution in [0.25, 0.3) is 11.4 Å². The number of pyridine rings is 1. The number of hydrogen-bond donors (Lipinski definition) is 1. The maximum absolute atomic E-state index is 13.7. The number of hydrogen-bond acceptors (Lipinski definition) is 8. The third kappa shape index (κ3) is 9.73. The maximum Gasteiger partial charge on any atom is 0.242 e. The molecule has 2 atom stereocenters. The van der Waals surface area contributed by atoms with Crippen molar-refractivity contribution < 1.29 is 23.7 Å². The molecule has 4 amide bonds. The van der Waals surface area contributed by atoms with Crippen molar-refractivity contribution in [1.82, 2.24) is 35.1 Å². The van der Waals surface area contributed by atoms with Crippen molar-refractivity contribution >= 4 is 23.6 Å². The molecular weight excluding hydrogens is 622 g/mol. The Bertz CT molecular complexity index is 1580. The summed E-state index contributed by atoms with van der Waals surface area (Å²) in [5.41, 5.74) is 2.81. The molecule has 262 valence electrons. The molecule has 4 heterocycles. The highest BCUT2D eigenvalue weighted by atomic mass is 16.5. The maximum atomic E-state index is 13.7. The molecule has 12 nitrogen and oxygen atoms in total. The van der Waals surface area contributed by atoms with Gasteiger partial charge in [0.2, 0.25) is 35.3 Å². The zero-order valence-electron chi connectivity index (χ0n) is 29.0. The van der Waals surface area contributed by atoms with Gasteiger partial charge in [0.05, 0.1) is 12.5 Å². The molecule has 0 spiro atoms.